The first-order valence-electron chi connectivity index (χ1n) is 5.83. The fraction of sp³-hybridized carbons (Fsp3) is 0.200. The van der Waals surface area contributed by atoms with E-state index in [2.05, 4.69) is 36.2 Å². The van der Waals surface area contributed by atoms with Gasteiger partial charge in [-0.05, 0) is 30.7 Å². The Bertz CT molecular complexity index is 477. The number of anilines is 2. The second kappa shape index (κ2) is 5.02. The van der Waals surface area contributed by atoms with E-state index in [0.29, 0.717) is 0 Å². The summed E-state index contributed by atoms with van der Waals surface area (Å²) >= 11 is 0. The van der Waals surface area contributed by atoms with Crippen LogP contribution in [0.4, 0.5) is 11.4 Å². The van der Waals surface area contributed by atoms with E-state index in [1.165, 1.54) is 11.3 Å². The number of rotatable bonds is 3. The van der Waals surface area contributed by atoms with Gasteiger partial charge in [0.25, 0.3) is 0 Å². The normalized spacial score (nSPS) is 12.2. The summed E-state index contributed by atoms with van der Waals surface area (Å²) in [6.45, 7) is 2.01. The summed E-state index contributed by atoms with van der Waals surface area (Å²) in [6, 6.07) is 18.6. The highest BCUT2D eigenvalue weighted by Gasteiger charge is 2.10. The number of hydrogen-bond acceptors (Lipinski definition) is 2. The molecule has 1 atom stereocenters. The molecular formula is C15H18N2. The lowest BCUT2D eigenvalue weighted by atomic mass is 10.1. The molecule has 2 nitrogen and oxygen atoms in total. The predicted molar refractivity (Wildman–Crippen MR) is 73.5 cm³/mol. The Balaban J connectivity index is 2.41. The van der Waals surface area contributed by atoms with Gasteiger partial charge in [0.15, 0.2) is 0 Å². The molecule has 0 bridgehead atoms. The van der Waals surface area contributed by atoms with Gasteiger partial charge in [-0.2, -0.15) is 0 Å². The van der Waals surface area contributed by atoms with Crippen molar-refractivity contribution in [3.8, 4) is 0 Å². The Morgan fingerprint density at radius 3 is 2.18 bits per heavy atom. The van der Waals surface area contributed by atoms with Crippen LogP contribution in [-0.4, -0.2) is 7.05 Å². The third kappa shape index (κ3) is 2.48. The first-order chi connectivity index (χ1) is 8.20. The van der Waals surface area contributed by atoms with E-state index < -0.39 is 0 Å². The zero-order chi connectivity index (χ0) is 12.3. The summed E-state index contributed by atoms with van der Waals surface area (Å²) in [4.78, 5) is 2.17. The van der Waals surface area contributed by atoms with Gasteiger partial charge in [0.05, 0.1) is 0 Å². The molecule has 2 rings (SSSR count). The van der Waals surface area contributed by atoms with Gasteiger partial charge in [-0.25, -0.2) is 0 Å². The van der Waals surface area contributed by atoms with E-state index in [4.69, 9.17) is 5.73 Å². The van der Waals surface area contributed by atoms with Crippen LogP contribution in [0.25, 0.3) is 0 Å². The standard InChI is InChI=1S/C15H18N2/c1-12(16)14-10-6-7-11-15(14)17(2)13-8-4-3-5-9-13/h3-12H,16H2,1-2H3/t12-/m1/s1. The molecule has 0 heterocycles. The maximum atomic E-state index is 6.00. The van der Waals surface area contributed by atoms with Gasteiger partial charge in [-0.1, -0.05) is 36.4 Å². The van der Waals surface area contributed by atoms with Gasteiger partial charge in [0.1, 0.15) is 0 Å². The second-order valence-electron chi connectivity index (χ2n) is 4.24. The first-order valence-corrected chi connectivity index (χ1v) is 5.83. The quantitative estimate of drug-likeness (QED) is 0.868. The summed E-state index contributed by atoms with van der Waals surface area (Å²) in [7, 11) is 2.07. The maximum Gasteiger partial charge on any atom is 0.0456 e. The number of nitrogens with two attached hydrogens (primary N) is 1. The zero-order valence-corrected chi connectivity index (χ0v) is 10.3. The number of nitrogens with zero attached hydrogens (tertiary/aromatic N) is 1. The molecule has 0 radical (unpaired) electrons. The van der Waals surface area contributed by atoms with E-state index in [-0.39, 0.29) is 6.04 Å². The average Bonchev–Trinajstić information content (AvgIpc) is 2.39. The Morgan fingerprint density at radius 2 is 1.53 bits per heavy atom. The predicted octanol–water partition coefficient (Wildman–Crippen LogP) is 3.47. The van der Waals surface area contributed by atoms with Gasteiger partial charge in [-0.15, -0.1) is 0 Å². The minimum Gasteiger partial charge on any atom is -0.344 e. The summed E-state index contributed by atoms with van der Waals surface area (Å²) in [5.41, 5.74) is 9.50. The third-order valence-electron chi connectivity index (χ3n) is 2.93. The van der Waals surface area contributed by atoms with Crippen LogP contribution in [-0.2, 0) is 0 Å². The highest BCUT2D eigenvalue weighted by atomic mass is 15.1. The molecule has 0 aliphatic heterocycles. The van der Waals surface area contributed by atoms with Crippen molar-refractivity contribution >= 4 is 11.4 Å². The van der Waals surface area contributed by atoms with E-state index in [9.17, 15) is 0 Å². The van der Waals surface area contributed by atoms with Crippen molar-refractivity contribution in [1.29, 1.82) is 0 Å². The minimum atomic E-state index is 0.0392. The Labute approximate surface area is 103 Å². The van der Waals surface area contributed by atoms with Crippen LogP contribution in [0, 0.1) is 0 Å². The summed E-state index contributed by atoms with van der Waals surface area (Å²) < 4.78 is 0. The van der Waals surface area contributed by atoms with E-state index in [1.54, 1.807) is 0 Å². The van der Waals surface area contributed by atoms with Gasteiger partial charge in [-0.3, -0.25) is 0 Å². The molecule has 0 spiro atoms. The zero-order valence-electron chi connectivity index (χ0n) is 10.3. The van der Waals surface area contributed by atoms with Gasteiger partial charge in [0.2, 0.25) is 0 Å². The molecule has 0 saturated carbocycles. The maximum absolute atomic E-state index is 6.00. The summed E-state index contributed by atoms with van der Waals surface area (Å²) in [6.07, 6.45) is 0. The average molecular weight is 226 g/mol. The largest absolute Gasteiger partial charge is 0.344 e. The lowest BCUT2D eigenvalue weighted by molar-refractivity contribution is 0.815. The molecule has 17 heavy (non-hydrogen) atoms. The molecule has 0 aliphatic rings. The highest BCUT2D eigenvalue weighted by molar-refractivity contribution is 5.66. The van der Waals surface area contributed by atoms with Crippen molar-refractivity contribution in [3.63, 3.8) is 0 Å². The molecular weight excluding hydrogens is 208 g/mol. The Hall–Kier alpha value is -1.80. The van der Waals surface area contributed by atoms with Crippen molar-refractivity contribution in [2.75, 3.05) is 11.9 Å². The fourth-order valence-corrected chi connectivity index (χ4v) is 1.97. The Kier molecular flexibility index (Phi) is 3.45. The SMILES string of the molecule is C[C@@H](N)c1ccccc1N(C)c1ccccc1. The summed E-state index contributed by atoms with van der Waals surface area (Å²) in [5, 5.41) is 0. The molecule has 2 heteroatoms. The molecule has 0 saturated heterocycles. The monoisotopic (exact) mass is 226 g/mol. The van der Waals surface area contributed by atoms with Crippen LogP contribution in [0.15, 0.2) is 54.6 Å². The van der Waals surface area contributed by atoms with E-state index >= 15 is 0 Å². The van der Waals surface area contributed by atoms with Gasteiger partial charge < -0.3 is 10.6 Å². The van der Waals surface area contributed by atoms with Crippen LogP contribution < -0.4 is 10.6 Å². The van der Waals surface area contributed by atoms with Gasteiger partial charge in [0, 0.05) is 24.5 Å². The topological polar surface area (TPSA) is 29.3 Å². The highest BCUT2D eigenvalue weighted by Crippen LogP contribution is 2.29. The summed E-state index contributed by atoms with van der Waals surface area (Å²) in [5.74, 6) is 0. The van der Waals surface area contributed by atoms with Crippen molar-refractivity contribution in [2.24, 2.45) is 5.73 Å². The van der Waals surface area contributed by atoms with Crippen LogP contribution >= 0.6 is 0 Å². The lowest BCUT2D eigenvalue weighted by Crippen LogP contribution is -2.15. The molecule has 0 amide bonds. The van der Waals surface area contributed by atoms with Crippen LogP contribution in [0.1, 0.15) is 18.5 Å². The molecule has 0 aliphatic carbocycles. The molecule has 0 fully saturated rings. The van der Waals surface area contributed by atoms with Gasteiger partial charge >= 0.3 is 0 Å². The van der Waals surface area contributed by atoms with Crippen LogP contribution in [0.5, 0.6) is 0 Å². The van der Waals surface area contributed by atoms with Crippen molar-refractivity contribution in [3.05, 3.63) is 60.2 Å². The molecule has 88 valence electrons. The molecule has 2 N–H and O–H groups in total. The van der Waals surface area contributed by atoms with Crippen LogP contribution in [0.2, 0.25) is 0 Å². The Morgan fingerprint density at radius 1 is 0.941 bits per heavy atom. The van der Waals surface area contributed by atoms with Crippen molar-refractivity contribution < 1.29 is 0 Å². The molecule has 2 aromatic carbocycles. The number of para-hydroxylation sites is 2. The number of hydrogen-bond donors (Lipinski definition) is 1. The van der Waals surface area contributed by atoms with Crippen molar-refractivity contribution in [2.45, 2.75) is 13.0 Å². The van der Waals surface area contributed by atoms with E-state index in [1.807, 2.05) is 37.3 Å². The lowest BCUT2D eigenvalue weighted by Gasteiger charge is -2.24. The van der Waals surface area contributed by atoms with Crippen molar-refractivity contribution in [1.82, 2.24) is 0 Å². The van der Waals surface area contributed by atoms with E-state index in [0.717, 1.165) is 5.69 Å². The fourth-order valence-electron chi connectivity index (χ4n) is 1.97. The molecule has 2 aromatic rings. The molecule has 0 aromatic heterocycles. The second-order valence-corrected chi connectivity index (χ2v) is 4.24. The van der Waals surface area contributed by atoms with Crippen LogP contribution in [0.3, 0.4) is 0 Å². The third-order valence-corrected chi connectivity index (χ3v) is 2.93. The minimum absolute atomic E-state index is 0.0392. The number of benzene rings is 2. The smallest absolute Gasteiger partial charge is 0.0456 e. The first kappa shape index (κ1) is 11.7. The molecule has 0 unspecified atom stereocenters.